The average Bonchev–Trinajstić information content (AvgIpc) is 2.86. The molecule has 0 spiro atoms. The maximum atomic E-state index is 9.83. The Hall–Kier alpha value is -0.640. The first-order valence-corrected chi connectivity index (χ1v) is 6.88. The van der Waals surface area contributed by atoms with Crippen LogP contribution in [0.5, 0.6) is 0 Å². The van der Waals surface area contributed by atoms with Gasteiger partial charge in [0.15, 0.2) is 0 Å². The fraction of sp³-hybridized carbons (Fsp3) is 0.333. The third-order valence-corrected chi connectivity index (χ3v) is 3.99. The molecule has 1 atom stereocenters. The molecule has 15 heavy (non-hydrogen) atoms. The second-order valence-electron chi connectivity index (χ2n) is 3.61. The van der Waals surface area contributed by atoms with Crippen LogP contribution in [0.4, 0.5) is 0 Å². The van der Waals surface area contributed by atoms with Crippen molar-refractivity contribution in [2.75, 3.05) is 0 Å². The van der Waals surface area contributed by atoms with Crippen LogP contribution in [-0.2, 0) is 12.8 Å². The monoisotopic (exact) mass is 238 g/mol. The maximum Gasteiger partial charge on any atom is 0.0591 e. The average molecular weight is 238 g/mol. The fourth-order valence-corrected chi connectivity index (χ4v) is 3.01. The predicted octanol–water partition coefficient (Wildman–Crippen LogP) is 3.35. The quantitative estimate of drug-likeness (QED) is 0.847. The molecule has 1 unspecified atom stereocenters. The van der Waals surface area contributed by atoms with E-state index in [-0.39, 0.29) is 6.10 Å². The molecular formula is C12H14OS2. The van der Waals surface area contributed by atoms with Gasteiger partial charge >= 0.3 is 0 Å². The van der Waals surface area contributed by atoms with Gasteiger partial charge in [-0.2, -0.15) is 11.3 Å². The molecule has 0 amide bonds. The molecule has 2 rings (SSSR count). The second kappa shape index (κ2) is 5.45. The van der Waals surface area contributed by atoms with E-state index in [1.165, 1.54) is 10.4 Å². The second-order valence-corrected chi connectivity index (χ2v) is 5.42. The molecule has 0 aliphatic carbocycles. The van der Waals surface area contributed by atoms with Crippen molar-refractivity contribution in [2.24, 2.45) is 0 Å². The van der Waals surface area contributed by atoms with Crippen LogP contribution < -0.4 is 0 Å². The van der Waals surface area contributed by atoms with Crippen LogP contribution >= 0.6 is 22.7 Å². The van der Waals surface area contributed by atoms with Gasteiger partial charge in [0.05, 0.1) is 6.10 Å². The zero-order chi connectivity index (χ0) is 10.5. The van der Waals surface area contributed by atoms with Gasteiger partial charge in [0.1, 0.15) is 0 Å². The van der Waals surface area contributed by atoms with Gasteiger partial charge in [-0.3, -0.25) is 0 Å². The first kappa shape index (κ1) is 10.9. The van der Waals surface area contributed by atoms with Crippen LogP contribution in [0.15, 0.2) is 34.3 Å². The molecule has 0 aliphatic rings. The highest BCUT2D eigenvalue weighted by Crippen LogP contribution is 2.15. The summed E-state index contributed by atoms with van der Waals surface area (Å²) < 4.78 is 0. The van der Waals surface area contributed by atoms with Gasteiger partial charge in [-0.15, -0.1) is 11.3 Å². The van der Waals surface area contributed by atoms with Crippen LogP contribution in [0.2, 0.25) is 0 Å². The van der Waals surface area contributed by atoms with Gasteiger partial charge in [-0.1, -0.05) is 6.07 Å². The minimum atomic E-state index is -0.205. The molecule has 2 aromatic rings. The van der Waals surface area contributed by atoms with E-state index in [4.69, 9.17) is 0 Å². The molecule has 0 aliphatic heterocycles. The molecule has 0 saturated carbocycles. The lowest BCUT2D eigenvalue weighted by molar-refractivity contribution is 0.166. The Labute approximate surface area is 98.0 Å². The third-order valence-electron chi connectivity index (χ3n) is 2.36. The van der Waals surface area contributed by atoms with Crippen molar-refractivity contribution in [3.8, 4) is 0 Å². The van der Waals surface area contributed by atoms with E-state index in [2.05, 4.69) is 28.3 Å². The van der Waals surface area contributed by atoms with Crippen molar-refractivity contribution < 1.29 is 5.11 Å². The van der Waals surface area contributed by atoms with E-state index in [0.717, 1.165) is 19.3 Å². The van der Waals surface area contributed by atoms with Gasteiger partial charge in [0.2, 0.25) is 0 Å². The van der Waals surface area contributed by atoms with Gasteiger partial charge in [0, 0.05) is 11.3 Å². The van der Waals surface area contributed by atoms with Gasteiger partial charge < -0.3 is 5.11 Å². The zero-order valence-corrected chi connectivity index (χ0v) is 10.1. The Balaban J connectivity index is 1.76. The minimum absolute atomic E-state index is 0.205. The molecule has 0 fully saturated rings. The molecule has 0 bridgehead atoms. The van der Waals surface area contributed by atoms with Crippen molar-refractivity contribution in [3.05, 3.63) is 44.8 Å². The van der Waals surface area contributed by atoms with Crippen LogP contribution in [0, 0.1) is 0 Å². The number of hydrogen-bond acceptors (Lipinski definition) is 3. The van der Waals surface area contributed by atoms with Crippen LogP contribution in [0.3, 0.4) is 0 Å². The molecule has 80 valence electrons. The summed E-state index contributed by atoms with van der Waals surface area (Å²) in [6.07, 6.45) is 2.43. The Morgan fingerprint density at radius 3 is 2.87 bits per heavy atom. The number of aryl methyl sites for hydroxylation is 1. The highest BCUT2D eigenvalue weighted by Gasteiger charge is 2.06. The Bertz CT molecular complexity index is 364. The summed E-state index contributed by atoms with van der Waals surface area (Å²) in [5.74, 6) is 0. The van der Waals surface area contributed by atoms with E-state index in [1.807, 2.05) is 6.07 Å². The van der Waals surface area contributed by atoms with Crippen LogP contribution in [0.1, 0.15) is 16.9 Å². The minimum Gasteiger partial charge on any atom is -0.393 e. The van der Waals surface area contributed by atoms with Gasteiger partial charge in [-0.25, -0.2) is 0 Å². The highest BCUT2D eigenvalue weighted by molar-refractivity contribution is 7.09. The summed E-state index contributed by atoms with van der Waals surface area (Å²) in [5, 5.41) is 16.1. The summed E-state index contributed by atoms with van der Waals surface area (Å²) >= 11 is 3.43. The lowest BCUT2D eigenvalue weighted by atomic mass is 10.1. The zero-order valence-electron chi connectivity index (χ0n) is 8.43. The first-order chi connectivity index (χ1) is 7.34. The molecule has 2 heterocycles. The topological polar surface area (TPSA) is 20.2 Å². The number of thiophene rings is 2. The SMILES string of the molecule is OC(CCc1ccsc1)Cc1cccs1. The molecule has 0 aromatic carbocycles. The largest absolute Gasteiger partial charge is 0.393 e. The van der Waals surface area contributed by atoms with Crippen molar-refractivity contribution in [2.45, 2.75) is 25.4 Å². The first-order valence-electron chi connectivity index (χ1n) is 5.06. The molecule has 0 radical (unpaired) electrons. The molecule has 0 saturated heterocycles. The smallest absolute Gasteiger partial charge is 0.0591 e. The maximum absolute atomic E-state index is 9.83. The Morgan fingerprint density at radius 1 is 1.27 bits per heavy atom. The molecule has 1 N–H and O–H groups in total. The highest BCUT2D eigenvalue weighted by atomic mass is 32.1. The standard InChI is InChI=1S/C12H14OS2/c13-11(8-12-2-1-6-15-12)4-3-10-5-7-14-9-10/h1-2,5-7,9,11,13H,3-4,8H2. The van der Waals surface area contributed by atoms with Crippen LogP contribution in [-0.4, -0.2) is 11.2 Å². The number of hydrogen-bond donors (Lipinski definition) is 1. The predicted molar refractivity (Wildman–Crippen MR) is 66.7 cm³/mol. The number of aliphatic hydroxyl groups is 1. The normalized spacial score (nSPS) is 12.9. The summed E-state index contributed by atoms with van der Waals surface area (Å²) in [6, 6.07) is 6.24. The summed E-state index contributed by atoms with van der Waals surface area (Å²) in [6.45, 7) is 0. The number of rotatable bonds is 5. The van der Waals surface area contributed by atoms with Crippen molar-refractivity contribution in [3.63, 3.8) is 0 Å². The molecule has 2 aromatic heterocycles. The van der Waals surface area contributed by atoms with E-state index in [1.54, 1.807) is 22.7 Å². The van der Waals surface area contributed by atoms with Crippen LogP contribution in [0.25, 0.3) is 0 Å². The molecule has 1 nitrogen and oxygen atoms in total. The van der Waals surface area contributed by atoms with Gasteiger partial charge in [0.25, 0.3) is 0 Å². The van der Waals surface area contributed by atoms with E-state index in [9.17, 15) is 5.11 Å². The lowest BCUT2D eigenvalue weighted by Crippen LogP contribution is -2.10. The number of aliphatic hydroxyl groups excluding tert-OH is 1. The van der Waals surface area contributed by atoms with E-state index >= 15 is 0 Å². The summed E-state index contributed by atoms with van der Waals surface area (Å²) in [5.41, 5.74) is 1.34. The van der Waals surface area contributed by atoms with Crippen molar-refractivity contribution in [1.29, 1.82) is 0 Å². The van der Waals surface area contributed by atoms with Crippen molar-refractivity contribution in [1.82, 2.24) is 0 Å². The molecular weight excluding hydrogens is 224 g/mol. The Morgan fingerprint density at radius 2 is 2.20 bits per heavy atom. The van der Waals surface area contributed by atoms with E-state index in [0.29, 0.717) is 0 Å². The summed E-state index contributed by atoms with van der Waals surface area (Å²) in [4.78, 5) is 1.27. The Kier molecular flexibility index (Phi) is 3.94. The van der Waals surface area contributed by atoms with E-state index < -0.39 is 0 Å². The lowest BCUT2D eigenvalue weighted by Gasteiger charge is -2.07. The molecule has 3 heteroatoms. The summed E-state index contributed by atoms with van der Waals surface area (Å²) in [7, 11) is 0. The fourth-order valence-electron chi connectivity index (χ4n) is 1.53. The van der Waals surface area contributed by atoms with Gasteiger partial charge in [-0.05, 0) is 46.7 Å². The van der Waals surface area contributed by atoms with Crippen molar-refractivity contribution >= 4 is 22.7 Å². The third kappa shape index (κ3) is 3.45.